The number of amides is 2. The summed E-state index contributed by atoms with van der Waals surface area (Å²) in [5, 5.41) is 5.50. The van der Waals surface area contributed by atoms with Crippen molar-refractivity contribution in [3.63, 3.8) is 0 Å². The molecule has 0 bridgehead atoms. The number of para-hydroxylation sites is 1. The Hall–Kier alpha value is -2.86. The van der Waals surface area contributed by atoms with E-state index in [1.54, 1.807) is 38.3 Å². The molecule has 6 nitrogen and oxygen atoms in total. The maximum Gasteiger partial charge on any atom is 0.265 e. The summed E-state index contributed by atoms with van der Waals surface area (Å²) in [7, 11) is 1.57. The average Bonchev–Trinajstić information content (AvgIpc) is 2.64. The van der Waals surface area contributed by atoms with Crippen LogP contribution in [0.3, 0.4) is 0 Å². The number of aryl methyl sites for hydroxylation is 1. The summed E-state index contributed by atoms with van der Waals surface area (Å²) in [6.45, 7) is 4.46. The van der Waals surface area contributed by atoms with Crippen LogP contribution in [0, 0.1) is 6.92 Å². The second kappa shape index (κ2) is 9.58. The van der Waals surface area contributed by atoms with Crippen LogP contribution in [-0.4, -0.2) is 38.2 Å². The van der Waals surface area contributed by atoms with Gasteiger partial charge in [0.05, 0.1) is 17.9 Å². The lowest BCUT2D eigenvalue weighted by Gasteiger charge is -2.16. The van der Waals surface area contributed by atoms with E-state index in [1.165, 1.54) is 0 Å². The molecule has 2 rings (SSSR count). The number of ether oxygens (including phenoxy) is 2. The first-order valence-corrected chi connectivity index (χ1v) is 8.41. The Bertz CT molecular complexity index is 744. The molecule has 138 valence electrons. The highest BCUT2D eigenvalue weighted by Gasteiger charge is 2.18. The van der Waals surface area contributed by atoms with Gasteiger partial charge in [-0.3, -0.25) is 9.59 Å². The van der Waals surface area contributed by atoms with Gasteiger partial charge >= 0.3 is 0 Å². The molecule has 26 heavy (non-hydrogen) atoms. The van der Waals surface area contributed by atoms with E-state index in [2.05, 4.69) is 10.6 Å². The van der Waals surface area contributed by atoms with Crippen LogP contribution in [0.25, 0.3) is 0 Å². The molecule has 0 radical (unpaired) electrons. The number of hydrogen-bond donors (Lipinski definition) is 2. The zero-order valence-electron chi connectivity index (χ0n) is 15.2. The molecule has 0 saturated carbocycles. The monoisotopic (exact) mass is 356 g/mol. The molecule has 0 fully saturated rings. The lowest BCUT2D eigenvalue weighted by Crippen LogP contribution is -2.32. The molecule has 0 saturated heterocycles. The van der Waals surface area contributed by atoms with Gasteiger partial charge in [-0.25, -0.2) is 0 Å². The summed E-state index contributed by atoms with van der Waals surface area (Å²) in [5.41, 5.74) is 1.94. The van der Waals surface area contributed by atoms with Gasteiger partial charge in [-0.1, -0.05) is 29.8 Å². The minimum absolute atomic E-state index is 0.273. The van der Waals surface area contributed by atoms with E-state index < -0.39 is 6.10 Å². The van der Waals surface area contributed by atoms with E-state index in [9.17, 15) is 9.59 Å². The molecular formula is C20H24N2O4. The summed E-state index contributed by atoms with van der Waals surface area (Å²) < 4.78 is 10.6. The number of hydrogen-bond acceptors (Lipinski definition) is 4. The molecule has 0 unspecified atom stereocenters. The molecule has 2 N–H and O–H groups in total. The van der Waals surface area contributed by atoms with Crippen LogP contribution in [0.2, 0.25) is 0 Å². The average molecular weight is 356 g/mol. The largest absolute Gasteiger partial charge is 0.481 e. The first kappa shape index (κ1) is 19.5. The van der Waals surface area contributed by atoms with Crippen molar-refractivity contribution in [1.82, 2.24) is 5.32 Å². The minimum atomic E-state index is -0.706. The van der Waals surface area contributed by atoms with Crippen LogP contribution >= 0.6 is 0 Å². The third-order valence-electron chi connectivity index (χ3n) is 3.72. The Morgan fingerprint density at radius 2 is 1.77 bits per heavy atom. The fraction of sp³-hybridized carbons (Fsp3) is 0.300. The molecule has 0 aliphatic carbocycles. The Morgan fingerprint density at radius 3 is 2.46 bits per heavy atom. The zero-order valence-corrected chi connectivity index (χ0v) is 15.2. The molecule has 6 heteroatoms. The molecule has 2 aromatic rings. The van der Waals surface area contributed by atoms with Crippen LogP contribution in [0.1, 0.15) is 22.8 Å². The Kier molecular flexibility index (Phi) is 7.17. The lowest BCUT2D eigenvalue weighted by atomic mass is 10.1. The molecule has 0 heterocycles. The number of carbonyl (C=O) groups excluding carboxylic acids is 2. The predicted molar refractivity (Wildman–Crippen MR) is 101 cm³/mol. The van der Waals surface area contributed by atoms with Crippen molar-refractivity contribution in [3.05, 3.63) is 59.7 Å². The first-order valence-electron chi connectivity index (χ1n) is 8.41. The smallest absolute Gasteiger partial charge is 0.265 e. The predicted octanol–water partition coefficient (Wildman–Crippen LogP) is 2.78. The Morgan fingerprint density at radius 1 is 1.08 bits per heavy atom. The number of rotatable bonds is 8. The van der Waals surface area contributed by atoms with E-state index in [1.807, 2.05) is 31.2 Å². The quantitative estimate of drug-likeness (QED) is 0.713. The second-order valence-electron chi connectivity index (χ2n) is 5.86. The van der Waals surface area contributed by atoms with Gasteiger partial charge < -0.3 is 20.1 Å². The summed E-state index contributed by atoms with van der Waals surface area (Å²) >= 11 is 0. The standard InChI is InChI=1S/C20H24N2O4/c1-14-8-10-16(11-9-14)26-15(2)19(23)22-18-7-5-4-6-17(18)20(24)21-12-13-25-3/h4-11,15H,12-13H2,1-3H3,(H,21,24)(H,22,23)/t15-/m1/s1. The number of benzene rings is 2. The number of anilines is 1. The van der Waals surface area contributed by atoms with Crippen molar-refractivity contribution < 1.29 is 19.1 Å². The van der Waals surface area contributed by atoms with Gasteiger partial charge in [-0.2, -0.15) is 0 Å². The van der Waals surface area contributed by atoms with Crippen molar-refractivity contribution >= 4 is 17.5 Å². The van der Waals surface area contributed by atoms with Crippen LogP contribution in [0.15, 0.2) is 48.5 Å². The van der Waals surface area contributed by atoms with Crippen LogP contribution < -0.4 is 15.4 Å². The van der Waals surface area contributed by atoms with Crippen molar-refractivity contribution in [2.75, 3.05) is 25.6 Å². The maximum atomic E-state index is 12.4. The summed E-state index contributed by atoms with van der Waals surface area (Å²) in [5.74, 6) is 0.0108. The van der Waals surface area contributed by atoms with Gasteiger partial charge in [0.15, 0.2) is 6.10 Å². The molecule has 0 aromatic heterocycles. The number of nitrogens with one attached hydrogen (secondary N) is 2. The highest BCUT2D eigenvalue weighted by atomic mass is 16.5. The fourth-order valence-electron chi connectivity index (χ4n) is 2.26. The third-order valence-corrected chi connectivity index (χ3v) is 3.72. The molecule has 2 aromatic carbocycles. The fourth-order valence-corrected chi connectivity index (χ4v) is 2.26. The molecule has 1 atom stereocenters. The number of methoxy groups -OCH3 is 1. The third kappa shape index (κ3) is 5.60. The van der Waals surface area contributed by atoms with Gasteiger partial charge in [-0.15, -0.1) is 0 Å². The normalized spacial score (nSPS) is 11.5. The van der Waals surface area contributed by atoms with Crippen molar-refractivity contribution in [2.24, 2.45) is 0 Å². The van der Waals surface area contributed by atoms with E-state index in [4.69, 9.17) is 9.47 Å². The van der Waals surface area contributed by atoms with Crippen molar-refractivity contribution in [2.45, 2.75) is 20.0 Å². The molecule has 0 aliphatic rings. The van der Waals surface area contributed by atoms with Crippen LogP contribution in [-0.2, 0) is 9.53 Å². The van der Waals surface area contributed by atoms with Crippen LogP contribution in [0.5, 0.6) is 5.75 Å². The molecule has 2 amide bonds. The van der Waals surface area contributed by atoms with Crippen molar-refractivity contribution in [3.8, 4) is 5.75 Å². The minimum Gasteiger partial charge on any atom is -0.481 e. The Balaban J connectivity index is 2.01. The maximum absolute atomic E-state index is 12.4. The molecule has 0 spiro atoms. The van der Waals surface area contributed by atoms with E-state index in [0.29, 0.717) is 30.2 Å². The second-order valence-corrected chi connectivity index (χ2v) is 5.86. The lowest BCUT2D eigenvalue weighted by molar-refractivity contribution is -0.122. The van der Waals surface area contributed by atoms with Gasteiger partial charge in [0, 0.05) is 13.7 Å². The van der Waals surface area contributed by atoms with E-state index in [0.717, 1.165) is 5.56 Å². The Labute approximate surface area is 153 Å². The summed E-state index contributed by atoms with van der Waals surface area (Å²) in [6, 6.07) is 14.3. The summed E-state index contributed by atoms with van der Waals surface area (Å²) in [4.78, 5) is 24.7. The first-order chi connectivity index (χ1) is 12.5. The highest BCUT2D eigenvalue weighted by molar-refractivity contribution is 6.04. The van der Waals surface area contributed by atoms with E-state index >= 15 is 0 Å². The van der Waals surface area contributed by atoms with Crippen LogP contribution in [0.4, 0.5) is 5.69 Å². The van der Waals surface area contributed by atoms with Gasteiger partial charge in [-0.05, 0) is 38.1 Å². The number of carbonyl (C=O) groups is 2. The summed E-state index contributed by atoms with van der Waals surface area (Å²) in [6.07, 6.45) is -0.706. The van der Waals surface area contributed by atoms with Gasteiger partial charge in [0.25, 0.3) is 11.8 Å². The van der Waals surface area contributed by atoms with Crippen molar-refractivity contribution in [1.29, 1.82) is 0 Å². The van der Waals surface area contributed by atoms with Gasteiger partial charge in [0.2, 0.25) is 0 Å². The topological polar surface area (TPSA) is 76.7 Å². The highest BCUT2D eigenvalue weighted by Crippen LogP contribution is 2.17. The zero-order chi connectivity index (χ0) is 18.9. The molecular weight excluding hydrogens is 332 g/mol. The molecule has 0 aliphatic heterocycles. The van der Waals surface area contributed by atoms with E-state index in [-0.39, 0.29) is 11.8 Å². The SMILES string of the molecule is COCCNC(=O)c1ccccc1NC(=O)[C@@H](C)Oc1ccc(C)cc1. The van der Waals surface area contributed by atoms with Gasteiger partial charge in [0.1, 0.15) is 5.75 Å².